The third-order valence-corrected chi connectivity index (χ3v) is 4.08. The molecule has 0 aliphatic heterocycles. The second kappa shape index (κ2) is 5.34. The first-order chi connectivity index (χ1) is 7.83. The maximum atomic E-state index is 12.4. The van der Waals surface area contributed by atoms with Crippen molar-refractivity contribution < 1.29 is 18.1 Å². The summed E-state index contributed by atoms with van der Waals surface area (Å²) in [6.45, 7) is 10.1. The van der Waals surface area contributed by atoms with E-state index in [1.807, 2.05) is 20.8 Å². The van der Waals surface area contributed by atoms with Gasteiger partial charge in [-0.05, 0) is 13.8 Å². The molecule has 0 saturated carbocycles. The molecule has 0 N–H and O–H groups in total. The highest BCUT2D eigenvalue weighted by atomic mass is 31.2. The fraction of sp³-hybridized carbons (Fsp3) is 0.727. The van der Waals surface area contributed by atoms with Gasteiger partial charge in [0.25, 0.3) is 0 Å². The molecular weight excluding hydrogens is 241 g/mol. The van der Waals surface area contributed by atoms with Crippen LogP contribution >= 0.6 is 7.60 Å². The molecule has 0 saturated heterocycles. The Labute approximate surface area is 102 Å². The van der Waals surface area contributed by atoms with Crippen molar-refractivity contribution in [2.24, 2.45) is 0 Å². The van der Waals surface area contributed by atoms with Crippen LogP contribution in [0.5, 0.6) is 0 Å². The SMILES string of the molecule is CCOP(=O)(OCC)c1cc(C(C)(C)C)no1. The molecule has 1 aromatic rings. The van der Waals surface area contributed by atoms with E-state index in [1.165, 1.54) is 0 Å². The summed E-state index contributed by atoms with van der Waals surface area (Å²) in [4.78, 5) is 0. The van der Waals surface area contributed by atoms with Crippen LogP contribution in [0.3, 0.4) is 0 Å². The molecule has 0 radical (unpaired) electrons. The van der Waals surface area contributed by atoms with Gasteiger partial charge in [0.15, 0.2) is 0 Å². The lowest BCUT2D eigenvalue weighted by atomic mass is 9.93. The van der Waals surface area contributed by atoms with E-state index in [4.69, 9.17) is 13.6 Å². The predicted molar refractivity (Wildman–Crippen MR) is 65.7 cm³/mol. The number of hydrogen-bond donors (Lipinski definition) is 0. The van der Waals surface area contributed by atoms with Crippen molar-refractivity contribution in [3.05, 3.63) is 11.8 Å². The third-order valence-electron chi connectivity index (χ3n) is 2.13. The summed E-state index contributed by atoms with van der Waals surface area (Å²) in [5, 5.41) is 3.91. The fourth-order valence-corrected chi connectivity index (χ4v) is 2.68. The standard InChI is InChI=1S/C11H20NO4P/c1-6-14-17(13,15-7-2)10-8-9(12-16-10)11(3,4)5/h8H,6-7H2,1-5H3. The minimum absolute atomic E-state index is 0.162. The van der Waals surface area contributed by atoms with Crippen molar-refractivity contribution in [3.63, 3.8) is 0 Å². The summed E-state index contributed by atoms with van der Waals surface area (Å²) in [5.74, 6) is 0. The molecule has 0 amide bonds. The molecule has 0 aliphatic rings. The quantitative estimate of drug-likeness (QED) is 0.763. The maximum absolute atomic E-state index is 12.4. The van der Waals surface area contributed by atoms with E-state index in [-0.39, 0.29) is 10.9 Å². The first-order valence-corrected chi connectivity index (χ1v) is 7.24. The third kappa shape index (κ3) is 3.41. The molecule has 98 valence electrons. The second-order valence-corrected chi connectivity index (χ2v) is 6.59. The van der Waals surface area contributed by atoms with Crippen molar-refractivity contribution in [3.8, 4) is 0 Å². The summed E-state index contributed by atoms with van der Waals surface area (Å²) in [5.41, 5.74) is 0.739. The summed E-state index contributed by atoms with van der Waals surface area (Å²) in [6.07, 6.45) is 0. The van der Waals surface area contributed by atoms with Crippen molar-refractivity contribution in [2.75, 3.05) is 13.2 Å². The Hall–Kier alpha value is -0.640. The Morgan fingerprint density at radius 3 is 2.18 bits per heavy atom. The number of aromatic nitrogens is 1. The monoisotopic (exact) mass is 261 g/mol. The highest BCUT2D eigenvalue weighted by Gasteiger charge is 2.33. The van der Waals surface area contributed by atoms with Gasteiger partial charge in [0.2, 0.25) is 5.50 Å². The van der Waals surface area contributed by atoms with Crippen molar-refractivity contribution in [1.82, 2.24) is 5.16 Å². The van der Waals surface area contributed by atoms with Crippen LogP contribution in [0.2, 0.25) is 0 Å². The van der Waals surface area contributed by atoms with Crippen LogP contribution in [0.4, 0.5) is 0 Å². The highest BCUT2D eigenvalue weighted by molar-refractivity contribution is 7.61. The molecule has 1 aromatic heterocycles. The number of hydrogen-bond acceptors (Lipinski definition) is 5. The minimum atomic E-state index is -3.35. The maximum Gasteiger partial charge on any atom is 0.399 e. The topological polar surface area (TPSA) is 61.6 Å². The molecule has 1 rings (SSSR count). The first kappa shape index (κ1) is 14.4. The van der Waals surface area contributed by atoms with Crippen molar-refractivity contribution >= 4 is 13.1 Å². The average molecular weight is 261 g/mol. The van der Waals surface area contributed by atoms with E-state index < -0.39 is 7.60 Å². The molecule has 0 aliphatic carbocycles. The van der Waals surface area contributed by atoms with Gasteiger partial charge in [0.05, 0.1) is 18.9 Å². The number of nitrogens with zero attached hydrogens (tertiary/aromatic N) is 1. The summed E-state index contributed by atoms with van der Waals surface area (Å²) < 4.78 is 27.8. The van der Waals surface area contributed by atoms with Gasteiger partial charge in [0, 0.05) is 11.5 Å². The van der Waals surface area contributed by atoms with Crippen LogP contribution in [0.1, 0.15) is 40.3 Å². The van der Waals surface area contributed by atoms with E-state index in [1.54, 1.807) is 19.9 Å². The van der Waals surface area contributed by atoms with Gasteiger partial charge >= 0.3 is 7.60 Å². The van der Waals surface area contributed by atoms with Crippen LogP contribution in [-0.4, -0.2) is 18.4 Å². The molecule has 0 fully saturated rings. The molecule has 0 atom stereocenters. The normalized spacial score (nSPS) is 13.0. The van der Waals surface area contributed by atoms with Gasteiger partial charge in [-0.1, -0.05) is 25.9 Å². The molecule has 0 spiro atoms. The summed E-state index contributed by atoms with van der Waals surface area (Å²) in [7, 11) is -3.35. The van der Waals surface area contributed by atoms with Crippen LogP contribution in [-0.2, 0) is 19.0 Å². The fourth-order valence-electron chi connectivity index (χ4n) is 1.25. The molecule has 17 heavy (non-hydrogen) atoms. The zero-order chi connectivity index (χ0) is 13.1. The van der Waals surface area contributed by atoms with Gasteiger partial charge in [0.1, 0.15) is 0 Å². The molecule has 0 unspecified atom stereocenters. The van der Waals surface area contributed by atoms with E-state index in [0.717, 1.165) is 5.69 Å². The van der Waals surface area contributed by atoms with Crippen molar-refractivity contribution in [1.29, 1.82) is 0 Å². The zero-order valence-electron chi connectivity index (χ0n) is 11.0. The smallest absolute Gasteiger partial charge is 0.348 e. The van der Waals surface area contributed by atoms with Gasteiger partial charge in [-0.2, -0.15) is 0 Å². The van der Waals surface area contributed by atoms with Gasteiger partial charge < -0.3 is 13.6 Å². The zero-order valence-corrected chi connectivity index (χ0v) is 11.9. The van der Waals surface area contributed by atoms with Crippen LogP contribution < -0.4 is 5.50 Å². The van der Waals surface area contributed by atoms with Crippen molar-refractivity contribution in [2.45, 2.75) is 40.0 Å². The molecule has 5 nitrogen and oxygen atoms in total. The lowest BCUT2D eigenvalue weighted by molar-refractivity contribution is 0.223. The van der Waals surface area contributed by atoms with E-state index in [2.05, 4.69) is 5.16 Å². The minimum Gasteiger partial charge on any atom is -0.348 e. The van der Waals surface area contributed by atoms with Gasteiger partial charge in [-0.3, -0.25) is 4.57 Å². The molecule has 1 heterocycles. The van der Waals surface area contributed by atoms with E-state index >= 15 is 0 Å². The molecule has 0 bridgehead atoms. The first-order valence-electron chi connectivity index (χ1n) is 5.70. The van der Waals surface area contributed by atoms with Crippen LogP contribution in [0.15, 0.2) is 10.6 Å². The Morgan fingerprint density at radius 1 is 1.29 bits per heavy atom. The largest absolute Gasteiger partial charge is 0.399 e. The summed E-state index contributed by atoms with van der Waals surface area (Å²) >= 11 is 0. The molecule has 6 heteroatoms. The Bertz CT molecular complexity index is 398. The Morgan fingerprint density at radius 2 is 1.82 bits per heavy atom. The molecule has 0 aromatic carbocycles. The molecular formula is C11H20NO4P. The van der Waals surface area contributed by atoms with E-state index in [9.17, 15) is 4.57 Å². The second-order valence-electron chi connectivity index (χ2n) is 4.63. The predicted octanol–water partition coefficient (Wildman–Crippen LogP) is 2.86. The average Bonchev–Trinajstić information content (AvgIpc) is 2.66. The van der Waals surface area contributed by atoms with Gasteiger partial charge in [-0.15, -0.1) is 0 Å². The van der Waals surface area contributed by atoms with Crippen LogP contribution in [0.25, 0.3) is 0 Å². The van der Waals surface area contributed by atoms with E-state index in [0.29, 0.717) is 13.2 Å². The van der Waals surface area contributed by atoms with Gasteiger partial charge in [-0.25, -0.2) is 0 Å². The lowest BCUT2D eigenvalue weighted by Crippen LogP contribution is -2.12. The highest BCUT2D eigenvalue weighted by Crippen LogP contribution is 2.47. The van der Waals surface area contributed by atoms with Crippen LogP contribution in [0, 0.1) is 0 Å². The lowest BCUT2D eigenvalue weighted by Gasteiger charge is -2.14. The summed E-state index contributed by atoms with van der Waals surface area (Å²) in [6, 6.07) is 1.64. The Balaban J connectivity index is 3.04. The number of rotatable bonds is 5. The Kier molecular flexibility index (Phi) is 4.53.